The standard InChI is InChI=1S/C47H63N3O11/c1-25-16-30-10-12-35-26(2)17-32(54-35)14-15-47-22-40-43(60-47)44-45(59-40)46(61-47)42-36(58-44)13-11-31(56-42)18-29(51)19-34-38(21-37(55-30)27(25)3)57-39(41(34)52-4)20-33(23-49-50-48)53-24-28-8-6-5-7-9-28/h5-9,25,30-46H,2-3,10-24H2,1,4H3/t25-,30+,31-,32+,33+,34+,35+,36+,37-,38+,39-,40-,41-,42+,43+,44+,45-,46+,47+/m1/s1. The van der Waals surface area contributed by atoms with Crippen molar-refractivity contribution in [3.05, 3.63) is 70.6 Å². The molecule has 10 aliphatic heterocycles. The van der Waals surface area contributed by atoms with Crippen molar-refractivity contribution in [1.29, 1.82) is 0 Å². The van der Waals surface area contributed by atoms with Crippen LogP contribution in [-0.2, 0) is 58.8 Å². The molecule has 0 amide bonds. The molecule has 14 nitrogen and oxygen atoms in total. The normalized spacial score (nSPS) is 46.1. The maximum Gasteiger partial charge on any atom is 0.172 e. The Hall–Kier alpha value is -2.72. The van der Waals surface area contributed by atoms with E-state index in [0.29, 0.717) is 38.7 Å². The summed E-state index contributed by atoms with van der Waals surface area (Å²) in [5.41, 5.74) is 12.5. The molecule has 1 spiro atoms. The molecule has 332 valence electrons. The highest BCUT2D eigenvalue weighted by molar-refractivity contribution is 5.79. The van der Waals surface area contributed by atoms with Crippen LogP contribution in [0.25, 0.3) is 10.4 Å². The number of carbonyl (C=O) groups excluding carboxylic acids is 1. The van der Waals surface area contributed by atoms with Crippen molar-refractivity contribution in [3.63, 3.8) is 0 Å². The summed E-state index contributed by atoms with van der Waals surface area (Å²) in [6, 6.07) is 9.92. The summed E-state index contributed by atoms with van der Waals surface area (Å²) < 4.78 is 67.3. The molecular formula is C47H63N3O11. The largest absolute Gasteiger partial charge is 0.378 e. The fourth-order valence-corrected chi connectivity index (χ4v) is 12.3. The van der Waals surface area contributed by atoms with E-state index < -0.39 is 24.1 Å². The third-order valence-corrected chi connectivity index (χ3v) is 15.4. The van der Waals surface area contributed by atoms with Crippen molar-refractivity contribution in [2.75, 3.05) is 13.7 Å². The fraction of sp³-hybridized carbons (Fsp3) is 0.766. The third kappa shape index (κ3) is 8.53. The van der Waals surface area contributed by atoms with Crippen molar-refractivity contribution in [2.45, 2.75) is 200 Å². The Labute approximate surface area is 358 Å². The van der Waals surface area contributed by atoms with Crippen LogP contribution in [-0.4, -0.2) is 123 Å². The van der Waals surface area contributed by atoms with Gasteiger partial charge in [-0.2, -0.15) is 0 Å². The lowest BCUT2D eigenvalue weighted by atomic mass is 9.81. The molecule has 0 aliphatic carbocycles. The fourth-order valence-electron chi connectivity index (χ4n) is 12.3. The minimum Gasteiger partial charge on any atom is -0.378 e. The Morgan fingerprint density at radius 3 is 2.43 bits per heavy atom. The van der Waals surface area contributed by atoms with Crippen LogP contribution >= 0.6 is 0 Å². The van der Waals surface area contributed by atoms with Crippen molar-refractivity contribution in [2.24, 2.45) is 17.0 Å². The number of methoxy groups -OCH3 is 1. The number of hydrogen-bond donors (Lipinski definition) is 0. The van der Waals surface area contributed by atoms with Gasteiger partial charge in [0.25, 0.3) is 0 Å². The molecular weight excluding hydrogens is 783 g/mol. The van der Waals surface area contributed by atoms with Crippen LogP contribution in [0.4, 0.5) is 0 Å². The van der Waals surface area contributed by atoms with Gasteiger partial charge in [-0.15, -0.1) is 0 Å². The average Bonchev–Trinajstić information content (AvgIpc) is 3.93. The maximum absolute atomic E-state index is 14.4. The number of azide groups is 1. The minimum absolute atomic E-state index is 0.0179. The van der Waals surface area contributed by atoms with Crippen LogP contribution in [0.15, 0.2) is 59.8 Å². The third-order valence-electron chi connectivity index (χ3n) is 15.4. The molecule has 10 saturated heterocycles. The molecule has 11 rings (SSSR count). The summed E-state index contributed by atoms with van der Waals surface area (Å²) in [5, 5.41) is 3.90. The summed E-state index contributed by atoms with van der Waals surface area (Å²) in [6.45, 7) is 11.7. The number of fused-ring (bicyclic) bond motifs is 6. The molecule has 1 aromatic carbocycles. The molecule has 10 aliphatic rings. The van der Waals surface area contributed by atoms with Gasteiger partial charge in [0.1, 0.15) is 36.3 Å². The first kappa shape index (κ1) is 42.2. The Morgan fingerprint density at radius 2 is 1.59 bits per heavy atom. The molecule has 10 fully saturated rings. The lowest BCUT2D eigenvalue weighted by molar-refractivity contribution is -0.292. The quantitative estimate of drug-likeness (QED) is 0.115. The van der Waals surface area contributed by atoms with Crippen molar-refractivity contribution in [1.82, 2.24) is 0 Å². The van der Waals surface area contributed by atoms with E-state index in [-0.39, 0.29) is 116 Å². The van der Waals surface area contributed by atoms with E-state index in [1.807, 2.05) is 30.3 Å². The van der Waals surface area contributed by atoms with Crippen molar-refractivity contribution in [3.8, 4) is 0 Å². The molecule has 61 heavy (non-hydrogen) atoms. The Bertz CT molecular complexity index is 1830. The molecule has 1 aromatic rings. The topological polar surface area (TPSA) is 158 Å². The van der Waals surface area contributed by atoms with Gasteiger partial charge in [-0.1, -0.05) is 55.5 Å². The Morgan fingerprint density at radius 1 is 0.820 bits per heavy atom. The number of carbonyl (C=O) groups is 1. The van der Waals surface area contributed by atoms with E-state index >= 15 is 0 Å². The zero-order chi connectivity index (χ0) is 41.8. The second kappa shape index (κ2) is 17.7. The highest BCUT2D eigenvalue weighted by atomic mass is 16.8. The van der Waals surface area contributed by atoms with Crippen molar-refractivity contribution >= 4 is 5.78 Å². The van der Waals surface area contributed by atoms with Crippen LogP contribution < -0.4 is 0 Å². The molecule has 0 N–H and O–H groups in total. The van der Waals surface area contributed by atoms with Gasteiger partial charge in [-0.3, -0.25) is 4.79 Å². The molecule has 14 heteroatoms. The van der Waals surface area contributed by atoms with Gasteiger partial charge in [0.05, 0.1) is 80.3 Å². The Kier molecular flexibility index (Phi) is 12.2. The molecule has 0 radical (unpaired) electrons. The second-order valence-corrected chi connectivity index (χ2v) is 19.4. The van der Waals surface area contributed by atoms with E-state index in [1.165, 1.54) is 0 Å². The lowest BCUT2D eigenvalue weighted by Gasteiger charge is -2.47. The molecule has 12 bridgehead atoms. The smallest absolute Gasteiger partial charge is 0.172 e. The zero-order valence-electron chi connectivity index (χ0n) is 35.6. The molecule has 10 heterocycles. The SMILES string of the molecule is C=C1C[C@@H]2CC[C@@]34C[C@H]5O[C@H]6[C@@H](O3)[C@H]3O[C@H](CC[C@@H]3O[C@H]6[C@H]5O4)CC(=O)C[C@@H]3[C@@H](OC)[C@@H](C[C@@H](CN=[N+]=[N-])OCc4ccccc4)O[C@H]3C[C@H]3O[C@@H](CC[C@@H]1O2)C[C@@H](C)C3=C. The molecule has 0 saturated carbocycles. The predicted octanol–water partition coefficient (Wildman–Crippen LogP) is 7.01. The zero-order valence-corrected chi connectivity index (χ0v) is 35.6. The van der Waals surface area contributed by atoms with Crippen LogP contribution in [0.3, 0.4) is 0 Å². The Balaban J connectivity index is 0.915. The van der Waals surface area contributed by atoms with E-state index in [0.717, 1.165) is 55.2 Å². The summed E-state index contributed by atoms with van der Waals surface area (Å²) >= 11 is 0. The van der Waals surface area contributed by atoms with E-state index in [9.17, 15) is 10.3 Å². The monoisotopic (exact) mass is 845 g/mol. The molecule has 0 aromatic heterocycles. The van der Waals surface area contributed by atoms with Gasteiger partial charge in [-0.25, -0.2) is 0 Å². The van der Waals surface area contributed by atoms with Crippen molar-refractivity contribution < 1.29 is 52.2 Å². The predicted molar refractivity (Wildman–Crippen MR) is 220 cm³/mol. The minimum atomic E-state index is -0.799. The summed E-state index contributed by atoms with van der Waals surface area (Å²) in [6.07, 6.45) is 4.72. The summed E-state index contributed by atoms with van der Waals surface area (Å²) in [7, 11) is 1.69. The van der Waals surface area contributed by atoms with Crippen LogP contribution in [0.5, 0.6) is 0 Å². The van der Waals surface area contributed by atoms with E-state index in [1.54, 1.807) is 7.11 Å². The van der Waals surface area contributed by atoms with Crippen LogP contribution in [0.1, 0.15) is 96.0 Å². The number of benzene rings is 1. The van der Waals surface area contributed by atoms with Gasteiger partial charge in [0.2, 0.25) is 0 Å². The first-order valence-corrected chi connectivity index (χ1v) is 23.0. The average molecular weight is 846 g/mol. The number of Topliss-reactive ketones (excluding diaryl/α,β-unsaturated/α-hetero) is 1. The van der Waals surface area contributed by atoms with Gasteiger partial charge in [-0.05, 0) is 73.1 Å². The number of nitrogens with zero attached hydrogens (tertiary/aromatic N) is 3. The van der Waals surface area contributed by atoms with E-state index in [4.69, 9.17) is 47.4 Å². The molecule has 19 atom stereocenters. The highest BCUT2D eigenvalue weighted by Gasteiger charge is 2.68. The first-order chi connectivity index (χ1) is 29.7. The second-order valence-electron chi connectivity index (χ2n) is 19.4. The van der Waals surface area contributed by atoms with Gasteiger partial charge in [0.15, 0.2) is 5.79 Å². The lowest BCUT2D eigenvalue weighted by Crippen LogP contribution is -2.61. The number of ketones is 1. The van der Waals surface area contributed by atoms with E-state index in [2.05, 4.69) is 30.1 Å². The highest BCUT2D eigenvalue weighted by Crippen LogP contribution is 2.54. The van der Waals surface area contributed by atoms with Crippen LogP contribution in [0, 0.1) is 11.8 Å². The summed E-state index contributed by atoms with van der Waals surface area (Å²) in [5.74, 6) is -0.711. The first-order valence-electron chi connectivity index (χ1n) is 23.0. The number of hydrogen-bond acceptors (Lipinski definition) is 12. The molecule has 0 unspecified atom stereocenters. The number of ether oxygens (including phenoxy) is 10. The van der Waals surface area contributed by atoms with Gasteiger partial charge >= 0.3 is 0 Å². The van der Waals surface area contributed by atoms with Gasteiger partial charge in [0, 0.05) is 56.5 Å². The maximum atomic E-state index is 14.4. The summed E-state index contributed by atoms with van der Waals surface area (Å²) in [4.78, 5) is 17.4. The van der Waals surface area contributed by atoms with Crippen LogP contribution in [0.2, 0.25) is 0 Å². The van der Waals surface area contributed by atoms with Gasteiger partial charge < -0.3 is 47.4 Å². The number of rotatable bonds is 8.